The highest BCUT2D eigenvalue weighted by Crippen LogP contribution is 2.41. The first-order valence-electron chi connectivity index (χ1n) is 9.41. The van der Waals surface area contributed by atoms with Crippen LogP contribution >= 0.6 is 0 Å². The zero-order valence-corrected chi connectivity index (χ0v) is 16.5. The number of benzene rings is 2. The van der Waals surface area contributed by atoms with Gasteiger partial charge in [0.1, 0.15) is 5.82 Å². The van der Waals surface area contributed by atoms with Crippen LogP contribution in [0.3, 0.4) is 0 Å². The molecule has 0 saturated heterocycles. The normalized spacial score (nSPS) is 12.4. The molecular formula is C24H26N2O2. The number of hydrogen-bond donors (Lipinski definition) is 2. The first kappa shape index (κ1) is 19.6. The summed E-state index contributed by atoms with van der Waals surface area (Å²) in [6.45, 7) is 6.28. The number of carbonyl (C=O) groups is 1. The second kappa shape index (κ2) is 8.26. The predicted molar refractivity (Wildman–Crippen MR) is 112 cm³/mol. The highest BCUT2D eigenvalue weighted by atomic mass is 16.4. The minimum absolute atomic E-state index is 0.287. The maximum atomic E-state index is 11.9. The van der Waals surface area contributed by atoms with E-state index in [2.05, 4.69) is 41.5 Å². The predicted octanol–water partition coefficient (Wildman–Crippen LogP) is 5.24. The Hall–Kier alpha value is -3.14. The summed E-state index contributed by atoms with van der Waals surface area (Å²) in [6, 6.07) is 22.0. The van der Waals surface area contributed by atoms with E-state index in [1.807, 2.05) is 42.5 Å². The molecule has 0 bridgehead atoms. The topological polar surface area (TPSA) is 62.2 Å². The van der Waals surface area contributed by atoms with Crippen molar-refractivity contribution in [3.8, 4) is 0 Å². The summed E-state index contributed by atoms with van der Waals surface area (Å²) in [5.41, 5.74) is 3.32. The molecule has 1 atom stereocenters. The van der Waals surface area contributed by atoms with Crippen molar-refractivity contribution in [3.05, 3.63) is 95.2 Å². The van der Waals surface area contributed by atoms with Crippen molar-refractivity contribution in [2.24, 2.45) is 5.41 Å². The Morgan fingerprint density at radius 3 is 2.25 bits per heavy atom. The molecule has 0 aliphatic rings. The Balaban J connectivity index is 1.82. The van der Waals surface area contributed by atoms with Gasteiger partial charge >= 0.3 is 5.97 Å². The summed E-state index contributed by atoms with van der Waals surface area (Å²) in [6.07, 6.45) is 1.78. The molecule has 0 aliphatic heterocycles. The van der Waals surface area contributed by atoms with Gasteiger partial charge in [0.05, 0.1) is 5.41 Å². The highest BCUT2D eigenvalue weighted by molar-refractivity contribution is 5.76. The van der Waals surface area contributed by atoms with Crippen LogP contribution in [0.25, 0.3) is 0 Å². The van der Waals surface area contributed by atoms with E-state index >= 15 is 0 Å². The van der Waals surface area contributed by atoms with E-state index in [0.29, 0.717) is 6.54 Å². The molecule has 144 valence electrons. The van der Waals surface area contributed by atoms with Gasteiger partial charge in [-0.1, -0.05) is 66.2 Å². The Kier molecular flexibility index (Phi) is 5.78. The van der Waals surface area contributed by atoms with E-state index in [9.17, 15) is 9.90 Å². The largest absolute Gasteiger partial charge is 0.481 e. The number of carboxylic acids is 1. The van der Waals surface area contributed by atoms with Gasteiger partial charge in [0.2, 0.25) is 0 Å². The second-order valence-corrected chi connectivity index (χ2v) is 7.69. The van der Waals surface area contributed by atoms with Crippen molar-refractivity contribution in [1.82, 2.24) is 4.98 Å². The number of aromatic nitrogens is 1. The Labute approximate surface area is 166 Å². The third-order valence-electron chi connectivity index (χ3n) is 5.12. The number of carboxylic acid groups (broad SMARTS) is 1. The molecule has 2 N–H and O–H groups in total. The molecule has 28 heavy (non-hydrogen) atoms. The molecule has 1 unspecified atom stereocenters. The average molecular weight is 374 g/mol. The number of aryl methyl sites for hydroxylation is 1. The zero-order valence-electron chi connectivity index (χ0n) is 16.5. The number of hydrogen-bond acceptors (Lipinski definition) is 3. The number of aliphatic carboxylic acids is 1. The van der Waals surface area contributed by atoms with Gasteiger partial charge in [0.25, 0.3) is 0 Å². The first-order valence-corrected chi connectivity index (χ1v) is 9.41. The fraction of sp³-hybridized carbons (Fsp3) is 0.250. The van der Waals surface area contributed by atoms with Crippen LogP contribution in [-0.2, 0) is 11.3 Å². The number of nitrogens with zero attached hydrogens (tertiary/aromatic N) is 1. The van der Waals surface area contributed by atoms with E-state index in [0.717, 1.165) is 16.9 Å². The van der Waals surface area contributed by atoms with Crippen molar-refractivity contribution in [2.45, 2.75) is 33.2 Å². The molecule has 4 nitrogen and oxygen atoms in total. The van der Waals surface area contributed by atoms with Crippen molar-refractivity contribution in [3.63, 3.8) is 0 Å². The summed E-state index contributed by atoms with van der Waals surface area (Å²) in [5, 5.41) is 13.1. The van der Waals surface area contributed by atoms with Crippen LogP contribution in [0.2, 0.25) is 0 Å². The van der Waals surface area contributed by atoms with Gasteiger partial charge in [0.15, 0.2) is 0 Å². The quantitative estimate of drug-likeness (QED) is 0.593. The van der Waals surface area contributed by atoms with Crippen LogP contribution in [0.4, 0.5) is 5.82 Å². The fourth-order valence-electron chi connectivity index (χ4n) is 3.37. The molecule has 1 heterocycles. The lowest BCUT2D eigenvalue weighted by atomic mass is 9.71. The maximum absolute atomic E-state index is 11.9. The van der Waals surface area contributed by atoms with E-state index in [1.165, 1.54) is 11.1 Å². The molecule has 0 fully saturated rings. The van der Waals surface area contributed by atoms with Gasteiger partial charge in [0, 0.05) is 18.7 Å². The van der Waals surface area contributed by atoms with E-state index in [1.54, 1.807) is 20.0 Å². The Morgan fingerprint density at radius 1 is 1.00 bits per heavy atom. The molecule has 0 aliphatic carbocycles. The number of rotatable bonds is 7. The summed E-state index contributed by atoms with van der Waals surface area (Å²) in [5.74, 6) is -0.350. The van der Waals surface area contributed by atoms with Gasteiger partial charge in [-0.15, -0.1) is 0 Å². The van der Waals surface area contributed by atoms with E-state index in [-0.39, 0.29) is 5.92 Å². The molecule has 0 spiro atoms. The van der Waals surface area contributed by atoms with Crippen LogP contribution in [0.1, 0.15) is 42.0 Å². The van der Waals surface area contributed by atoms with E-state index < -0.39 is 11.4 Å². The Bertz CT molecular complexity index is 917. The van der Waals surface area contributed by atoms with Crippen molar-refractivity contribution < 1.29 is 9.90 Å². The van der Waals surface area contributed by atoms with Gasteiger partial charge in [-0.25, -0.2) is 4.98 Å². The van der Waals surface area contributed by atoms with Gasteiger partial charge in [-0.3, -0.25) is 4.79 Å². The smallest absolute Gasteiger partial charge is 0.310 e. The summed E-state index contributed by atoms with van der Waals surface area (Å²) < 4.78 is 0. The maximum Gasteiger partial charge on any atom is 0.310 e. The molecule has 0 saturated carbocycles. The lowest BCUT2D eigenvalue weighted by Crippen LogP contribution is -2.32. The highest BCUT2D eigenvalue weighted by Gasteiger charge is 2.39. The van der Waals surface area contributed by atoms with Crippen LogP contribution in [-0.4, -0.2) is 16.1 Å². The SMILES string of the molecule is Cc1ccc(CNc2ccc(C(c3ccccc3)C(C)(C)C(=O)O)cn2)cc1. The molecule has 1 aromatic heterocycles. The van der Waals surface area contributed by atoms with Crippen LogP contribution < -0.4 is 5.32 Å². The third kappa shape index (κ3) is 4.39. The van der Waals surface area contributed by atoms with Crippen LogP contribution in [0, 0.1) is 12.3 Å². The van der Waals surface area contributed by atoms with Crippen molar-refractivity contribution in [1.29, 1.82) is 0 Å². The molecule has 3 aromatic rings. The lowest BCUT2D eigenvalue weighted by molar-refractivity contribution is -0.147. The molecule has 0 amide bonds. The standard InChI is InChI=1S/C24H26N2O2/c1-17-9-11-18(12-10-17)15-25-21-14-13-20(16-26-21)22(24(2,3)23(27)28)19-7-5-4-6-8-19/h4-14,16,22H,15H2,1-3H3,(H,25,26)(H,27,28). The van der Waals surface area contributed by atoms with E-state index in [4.69, 9.17) is 0 Å². The summed E-state index contributed by atoms with van der Waals surface area (Å²) >= 11 is 0. The van der Waals surface area contributed by atoms with Gasteiger partial charge in [-0.05, 0) is 43.5 Å². The van der Waals surface area contributed by atoms with Crippen molar-refractivity contribution in [2.75, 3.05) is 5.32 Å². The number of anilines is 1. The first-order chi connectivity index (χ1) is 13.4. The molecular weight excluding hydrogens is 348 g/mol. The molecule has 3 rings (SSSR count). The fourth-order valence-corrected chi connectivity index (χ4v) is 3.37. The second-order valence-electron chi connectivity index (χ2n) is 7.69. The van der Waals surface area contributed by atoms with Gasteiger partial charge < -0.3 is 10.4 Å². The monoisotopic (exact) mass is 374 g/mol. The zero-order chi connectivity index (χ0) is 20.1. The van der Waals surface area contributed by atoms with Crippen LogP contribution in [0.15, 0.2) is 72.9 Å². The minimum Gasteiger partial charge on any atom is -0.481 e. The third-order valence-corrected chi connectivity index (χ3v) is 5.12. The Morgan fingerprint density at radius 2 is 1.68 bits per heavy atom. The number of pyridine rings is 1. The van der Waals surface area contributed by atoms with Crippen LogP contribution in [0.5, 0.6) is 0 Å². The summed E-state index contributed by atoms with van der Waals surface area (Å²) in [7, 11) is 0. The number of nitrogens with one attached hydrogen (secondary N) is 1. The van der Waals surface area contributed by atoms with Gasteiger partial charge in [-0.2, -0.15) is 0 Å². The van der Waals surface area contributed by atoms with Crippen molar-refractivity contribution >= 4 is 11.8 Å². The molecule has 0 radical (unpaired) electrons. The average Bonchev–Trinajstić information content (AvgIpc) is 2.69. The molecule has 4 heteroatoms. The minimum atomic E-state index is -0.958. The lowest BCUT2D eigenvalue weighted by Gasteiger charge is -2.31. The molecule has 2 aromatic carbocycles. The summed E-state index contributed by atoms with van der Waals surface area (Å²) in [4.78, 5) is 16.5.